The van der Waals surface area contributed by atoms with Gasteiger partial charge in [0, 0.05) is 6.07 Å². The van der Waals surface area contributed by atoms with E-state index in [-0.39, 0.29) is 31.3 Å². The van der Waals surface area contributed by atoms with E-state index in [0.717, 1.165) is 0 Å². The van der Waals surface area contributed by atoms with Crippen molar-refractivity contribution in [1.82, 2.24) is 0 Å². The minimum Gasteiger partial charge on any atom is -0.484 e. The molecule has 0 saturated carbocycles. The molecule has 8 heteroatoms. The molecule has 8 nitrogen and oxygen atoms in total. The molecule has 0 aliphatic carbocycles. The van der Waals surface area contributed by atoms with Crippen LogP contribution in [0.1, 0.15) is 17.3 Å². The first-order valence-corrected chi connectivity index (χ1v) is 8.32. The topological polar surface area (TPSA) is 103 Å². The van der Waals surface area contributed by atoms with Crippen LogP contribution in [0.2, 0.25) is 0 Å². The molecule has 0 atom stereocenters. The molecule has 0 unspecified atom stereocenters. The standard InChI is InChI=1S/C19H18N2O6/c1-2-25-19(24)13-5-3-4-6-14(13)20-17(22)10-26-12-7-8-16-15(9-12)21-18(23)11-27-16/h3-9H,2,10-11H2,1H3,(H,20,22)(H,21,23). The monoisotopic (exact) mass is 370 g/mol. The first kappa shape index (κ1) is 18.2. The molecule has 1 aliphatic heterocycles. The van der Waals surface area contributed by atoms with Crippen LogP contribution in [0.3, 0.4) is 0 Å². The van der Waals surface area contributed by atoms with E-state index in [1.165, 1.54) is 0 Å². The zero-order valence-electron chi connectivity index (χ0n) is 14.6. The summed E-state index contributed by atoms with van der Waals surface area (Å²) in [5.41, 5.74) is 1.09. The van der Waals surface area contributed by atoms with Crippen LogP contribution in [0.15, 0.2) is 42.5 Å². The number of esters is 1. The van der Waals surface area contributed by atoms with E-state index >= 15 is 0 Å². The summed E-state index contributed by atoms with van der Waals surface area (Å²) in [5.74, 6) is -0.277. The van der Waals surface area contributed by atoms with Gasteiger partial charge >= 0.3 is 5.97 Å². The second-order valence-electron chi connectivity index (χ2n) is 5.60. The van der Waals surface area contributed by atoms with Crippen LogP contribution >= 0.6 is 0 Å². The number of para-hydroxylation sites is 1. The van der Waals surface area contributed by atoms with Crippen LogP contribution in [0, 0.1) is 0 Å². The lowest BCUT2D eigenvalue weighted by Gasteiger charge is -2.18. The first-order chi connectivity index (χ1) is 13.1. The molecule has 0 bridgehead atoms. The molecule has 0 fully saturated rings. The van der Waals surface area contributed by atoms with Gasteiger partial charge in [0.1, 0.15) is 11.5 Å². The van der Waals surface area contributed by atoms with Crippen molar-refractivity contribution in [2.75, 3.05) is 30.5 Å². The number of carbonyl (C=O) groups excluding carboxylic acids is 3. The number of nitrogens with one attached hydrogen (secondary N) is 2. The third kappa shape index (κ3) is 4.55. The predicted molar refractivity (Wildman–Crippen MR) is 97.1 cm³/mol. The van der Waals surface area contributed by atoms with Crippen molar-refractivity contribution in [2.24, 2.45) is 0 Å². The van der Waals surface area contributed by atoms with Crippen molar-refractivity contribution >= 4 is 29.2 Å². The molecule has 0 radical (unpaired) electrons. The maximum absolute atomic E-state index is 12.2. The van der Waals surface area contributed by atoms with E-state index < -0.39 is 11.9 Å². The SMILES string of the molecule is CCOC(=O)c1ccccc1NC(=O)COc1ccc2c(c1)NC(=O)CO2. The lowest BCUT2D eigenvalue weighted by molar-refractivity contribution is -0.119. The number of hydrogen-bond donors (Lipinski definition) is 2. The minimum absolute atomic E-state index is 0.0323. The Balaban J connectivity index is 1.62. The number of hydrogen-bond acceptors (Lipinski definition) is 6. The van der Waals surface area contributed by atoms with Crippen LogP contribution in [-0.4, -0.2) is 37.6 Å². The maximum Gasteiger partial charge on any atom is 0.340 e. The molecule has 0 spiro atoms. The molecule has 2 aromatic carbocycles. The van der Waals surface area contributed by atoms with Crippen LogP contribution in [0.4, 0.5) is 11.4 Å². The molecular formula is C19H18N2O6. The quantitative estimate of drug-likeness (QED) is 0.756. The Kier molecular flexibility index (Phi) is 5.55. The Morgan fingerprint density at radius 3 is 2.85 bits per heavy atom. The molecule has 2 aromatic rings. The van der Waals surface area contributed by atoms with Gasteiger partial charge in [-0.2, -0.15) is 0 Å². The summed E-state index contributed by atoms with van der Waals surface area (Å²) >= 11 is 0. The summed E-state index contributed by atoms with van der Waals surface area (Å²) in [5, 5.41) is 5.29. The smallest absolute Gasteiger partial charge is 0.340 e. The van der Waals surface area contributed by atoms with Gasteiger partial charge in [0.15, 0.2) is 13.2 Å². The number of rotatable bonds is 6. The number of fused-ring (bicyclic) bond motifs is 1. The highest BCUT2D eigenvalue weighted by molar-refractivity contribution is 6.01. The highest BCUT2D eigenvalue weighted by atomic mass is 16.5. The maximum atomic E-state index is 12.2. The van der Waals surface area contributed by atoms with Crippen LogP contribution < -0.4 is 20.1 Å². The largest absolute Gasteiger partial charge is 0.484 e. The molecule has 3 rings (SSSR count). The molecule has 0 aromatic heterocycles. The van der Waals surface area contributed by atoms with Gasteiger partial charge in [-0.25, -0.2) is 4.79 Å². The fourth-order valence-electron chi connectivity index (χ4n) is 2.47. The van der Waals surface area contributed by atoms with E-state index in [9.17, 15) is 14.4 Å². The Hall–Kier alpha value is -3.55. The molecule has 0 saturated heterocycles. The van der Waals surface area contributed by atoms with E-state index in [0.29, 0.717) is 22.9 Å². The van der Waals surface area contributed by atoms with Gasteiger partial charge in [-0.1, -0.05) is 12.1 Å². The summed E-state index contributed by atoms with van der Waals surface area (Å²) in [6.07, 6.45) is 0. The highest BCUT2D eigenvalue weighted by Gasteiger charge is 2.17. The van der Waals surface area contributed by atoms with Gasteiger partial charge in [0.05, 0.1) is 23.5 Å². The second-order valence-corrected chi connectivity index (χ2v) is 5.60. The highest BCUT2D eigenvalue weighted by Crippen LogP contribution is 2.31. The van der Waals surface area contributed by atoms with E-state index in [4.69, 9.17) is 14.2 Å². The van der Waals surface area contributed by atoms with Gasteiger partial charge < -0.3 is 24.8 Å². The van der Waals surface area contributed by atoms with Crippen molar-refractivity contribution in [1.29, 1.82) is 0 Å². The van der Waals surface area contributed by atoms with Crippen molar-refractivity contribution in [2.45, 2.75) is 6.92 Å². The van der Waals surface area contributed by atoms with Gasteiger partial charge in [0.2, 0.25) is 0 Å². The average molecular weight is 370 g/mol. The Labute approximate surface area is 155 Å². The number of anilines is 2. The molecule has 2 amide bonds. The molecular weight excluding hydrogens is 352 g/mol. The lowest BCUT2D eigenvalue weighted by Crippen LogP contribution is -2.25. The fraction of sp³-hybridized carbons (Fsp3) is 0.211. The minimum atomic E-state index is -0.514. The van der Waals surface area contributed by atoms with E-state index in [1.807, 2.05) is 0 Å². The normalized spacial score (nSPS) is 12.3. The van der Waals surface area contributed by atoms with E-state index in [2.05, 4.69) is 10.6 Å². The van der Waals surface area contributed by atoms with Gasteiger partial charge in [-0.3, -0.25) is 9.59 Å². The number of carbonyl (C=O) groups is 3. The second kappa shape index (κ2) is 8.22. The third-order valence-corrected chi connectivity index (χ3v) is 3.65. The molecule has 1 aliphatic rings. The Morgan fingerprint density at radius 1 is 1.22 bits per heavy atom. The summed E-state index contributed by atoms with van der Waals surface area (Å²) in [7, 11) is 0. The summed E-state index contributed by atoms with van der Waals surface area (Å²) in [6, 6.07) is 11.4. The fourth-order valence-corrected chi connectivity index (χ4v) is 2.47. The molecule has 27 heavy (non-hydrogen) atoms. The summed E-state index contributed by atoms with van der Waals surface area (Å²) < 4.78 is 15.7. The van der Waals surface area contributed by atoms with Crippen LogP contribution in [0.25, 0.3) is 0 Å². The molecule has 2 N–H and O–H groups in total. The Bertz CT molecular complexity index is 880. The van der Waals surface area contributed by atoms with Gasteiger partial charge in [-0.15, -0.1) is 0 Å². The third-order valence-electron chi connectivity index (χ3n) is 3.65. The predicted octanol–water partition coefficient (Wildman–Crippen LogP) is 2.21. The number of benzene rings is 2. The van der Waals surface area contributed by atoms with Crippen molar-refractivity contribution in [3.63, 3.8) is 0 Å². The van der Waals surface area contributed by atoms with Gasteiger partial charge in [-0.05, 0) is 31.2 Å². The lowest BCUT2D eigenvalue weighted by atomic mass is 10.2. The Morgan fingerprint density at radius 2 is 2.04 bits per heavy atom. The number of amides is 2. The van der Waals surface area contributed by atoms with Crippen molar-refractivity contribution in [3.8, 4) is 11.5 Å². The number of ether oxygens (including phenoxy) is 3. The molecule has 1 heterocycles. The van der Waals surface area contributed by atoms with Gasteiger partial charge in [0.25, 0.3) is 11.8 Å². The zero-order valence-corrected chi connectivity index (χ0v) is 14.6. The average Bonchev–Trinajstić information content (AvgIpc) is 2.66. The summed E-state index contributed by atoms with van der Waals surface area (Å²) in [4.78, 5) is 35.5. The molecule has 140 valence electrons. The first-order valence-electron chi connectivity index (χ1n) is 8.32. The zero-order chi connectivity index (χ0) is 19.2. The summed E-state index contributed by atoms with van der Waals surface area (Å²) in [6.45, 7) is 1.64. The van der Waals surface area contributed by atoms with E-state index in [1.54, 1.807) is 49.4 Å². The van der Waals surface area contributed by atoms with Crippen molar-refractivity contribution < 1.29 is 28.6 Å². The van der Waals surface area contributed by atoms with Crippen molar-refractivity contribution in [3.05, 3.63) is 48.0 Å². The van der Waals surface area contributed by atoms with Crippen LogP contribution in [0.5, 0.6) is 11.5 Å². The van der Waals surface area contributed by atoms with Crippen LogP contribution in [-0.2, 0) is 14.3 Å².